The number of ketones is 1. The van der Waals surface area contributed by atoms with Gasteiger partial charge in [0.1, 0.15) is 0 Å². The lowest BCUT2D eigenvalue weighted by atomic mass is 9.95. The minimum atomic E-state index is 0.0726. The van der Waals surface area contributed by atoms with Crippen LogP contribution in [0.4, 0.5) is 5.69 Å². The highest BCUT2D eigenvalue weighted by Crippen LogP contribution is 2.20. The molecule has 0 aliphatic rings. The van der Waals surface area contributed by atoms with Crippen molar-refractivity contribution in [2.24, 2.45) is 0 Å². The molecule has 0 aliphatic carbocycles. The highest BCUT2D eigenvalue weighted by atomic mass is 16.1. The smallest absolute Gasteiger partial charge is 0.193 e. The zero-order valence-electron chi connectivity index (χ0n) is 12.3. The molecular formula is C18H21NO. The van der Waals surface area contributed by atoms with E-state index < -0.39 is 0 Å². The van der Waals surface area contributed by atoms with E-state index in [2.05, 4.69) is 31.3 Å². The first-order chi connectivity index (χ1) is 9.65. The van der Waals surface area contributed by atoms with Crippen molar-refractivity contribution in [3.8, 4) is 0 Å². The van der Waals surface area contributed by atoms with Crippen LogP contribution in [0.5, 0.6) is 0 Å². The molecule has 0 spiro atoms. The van der Waals surface area contributed by atoms with E-state index in [0.717, 1.165) is 23.2 Å². The maximum Gasteiger partial charge on any atom is 0.193 e. The van der Waals surface area contributed by atoms with E-state index in [-0.39, 0.29) is 5.78 Å². The molecule has 104 valence electrons. The number of hydrogen-bond donors (Lipinski definition) is 1. The second-order valence-electron chi connectivity index (χ2n) is 5.09. The molecule has 1 atom stereocenters. The van der Waals surface area contributed by atoms with Crippen LogP contribution < -0.4 is 5.32 Å². The molecule has 2 heteroatoms. The van der Waals surface area contributed by atoms with E-state index in [4.69, 9.17) is 0 Å². The molecule has 2 nitrogen and oxygen atoms in total. The topological polar surface area (TPSA) is 29.1 Å². The number of benzene rings is 2. The molecule has 1 unspecified atom stereocenters. The van der Waals surface area contributed by atoms with Crippen molar-refractivity contribution >= 4 is 11.5 Å². The van der Waals surface area contributed by atoms with Crippen LogP contribution in [0.3, 0.4) is 0 Å². The van der Waals surface area contributed by atoms with E-state index >= 15 is 0 Å². The van der Waals surface area contributed by atoms with Gasteiger partial charge in [0.05, 0.1) is 0 Å². The Kier molecular flexibility index (Phi) is 4.57. The first-order valence-corrected chi connectivity index (χ1v) is 7.08. The molecule has 0 saturated carbocycles. The van der Waals surface area contributed by atoms with Crippen LogP contribution in [-0.2, 0) is 0 Å². The minimum absolute atomic E-state index is 0.0726. The van der Waals surface area contributed by atoms with E-state index in [0.29, 0.717) is 5.92 Å². The summed E-state index contributed by atoms with van der Waals surface area (Å²) in [5, 5.41) is 3.05. The van der Waals surface area contributed by atoms with E-state index in [1.54, 1.807) is 0 Å². The van der Waals surface area contributed by atoms with Crippen LogP contribution in [0.25, 0.3) is 0 Å². The van der Waals surface area contributed by atoms with Gasteiger partial charge in [-0.05, 0) is 42.2 Å². The van der Waals surface area contributed by atoms with Crippen molar-refractivity contribution < 1.29 is 4.79 Å². The predicted molar refractivity (Wildman–Crippen MR) is 84.6 cm³/mol. The predicted octanol–water partition coefficient (Wildman–Crippen LogP) is 4.47. The van der Waals surface area contributed by atoms with Gasteiger partial charge < -0.3 is 5.32 Å². The molecule has 0 radical (unpaired) electrons. The minimum Gasteiger partial charge on any atom is -0.388 e. The summed E-state index contributed by atoms with van der Waals surface area (Å²) in [5.74, 6) is 0.609. The van der Waals surface area contributed by atoms with Gasteiger partial charge in [-0.25, -0.2) is 0 Å². The van der Waals surface area contributed by atoms with Crippen molar-refractivity contribution in [1.29, 1.82) is 0 Å². The second-order valence-corrected chi connectivity index (χ2v) is 5.09. The summed E-state index contributed by atoms with van der Waals surface area (Å²) >= 11 is 0. The van der Waals surface area contributed by atoms with Gasteiger partial charge in [-0.2, -0.15) is 0 Å². The van der Waals surface area contributed by atoms with Crippen molar-refractivity contribution in [3.63, 3.8) is 0 Å². The Hall–Kier alpha value is -2.09. The standard InChI is InChI=1S/C18H21NO/c1-4-13(2)14-5-7-15(8-6-14)18(20)16-9-11-17(19-3)12-10-16/h5-13,19H,4H2,1-3H3. The molecule has 2 aromatic carbocycles. The first-order valence-electron chi connectivity index (χ1n) is 7.08. The summed E-state index contributed by atoms with van der Waals surface area (Å²) in [6, 6.07) is 15.5. The maximum absolute atomic E-state index is 12.4. The fourth-order valence-corrected chi connectivity index (χ4v) is 2.15. The zero-order valence-corrected chi connectivity index (χ0v) is 12.3. The highest BCUT2D eigenvalue weighted by molar-refractivity contribution is 6.09. The summed E-state index contributed by atoms with van der Waals surface area (Å²) in [4.78, 5) is 12.4. The molecule has 2 aromatic rings. The number of carbonyl (C=O) groups excluding carboxylic acids is 1. The second kappa shape index (κ2) is 6.38. The van der Waals surface area contributed by atoms with Gasteiger partial charge in [-0.15, -0.1) is 0 Å². The number of carbonyl (C=O) groups is 1. The largest absolute Gasteiger partial charge is 0.388 e. The lowest BCUT2D eigenvalue weighted by Gasteiger charge is -2.09. The van der Waals surface area contributed by atoms with E-state index in [1.165, 1.54) is 5.56 Å². The molecule has 0 fully saturated rings. The van der Waals surface area contributed by atoms with Gasteiger partial charge in [0.25, 0.3) is 0 Å². The van der Waals surface area contributed by atoms with Gasteiger partial charge >= 0.3 is 0 Å². The van der Waals surface area contributed by atoms with Crippen molar-refractivity contribution in [2.75, 3.05) is 12.4 Å². The fourth-order valence-electron chi connectivity index (χ4n) is 2.15. The number of nitrogens with one attached hydrogen (secondary N) is 1. The Bertz CT molecular complexity index is 569. The third-order valence-corrected chi connectivity index (χ3v) is 3.79. The lowest BCUT2D eigenvalue weighted by molar-refractivity contribution is 0.103. The Morgan fingerprint density at radius 1 is 1.00 bits per heavy atom. The third-order valence-electron chi connectivity index (χ3n) is 3.79. The Balaban J connectivity index is 2.19. The monoisotopic (exact) mass is 267 g/mol. The molecular weight excluding hydrogens is 246 g/mol. The normalized spacial score (nSPS) is 11.9. The van der Waals surface area contributed by atoms with E-state index in [9.17, 15) is 4.79 Å². The summed E-state index contributed by atoms with van der Waals surface area (Å²) in [6.07, 6.45) is 1.11. The number of rotatable bonds is 5. The van der Waals surface area contributed by atoms with E-state index in [1.807, 2.05) is 43.4 Å². The van der Waals surface area contributed by atoms with Gasteiger partial charge in [0, 0.05) is 23.9 Å². The molecule has 2 rings (SSSR count). The lowest BCUT2D eigenvalue weighted by Crippen LogP contribution is -2.02. The van der Waals surface area contributed by atoms with Gasteiger partial charge in [0.15, 0.2) is 5.78 Å². The zero-order chi connectivity index (χ0) is 14.5. The van der Waals surface area contributed by atoms with Gasteiger partial charge in [-0.1, -0.05) is 38.1 Å². The molecule has 0 aliphatic heterocycles. The Morgan fingerprint density at radius 2 is 1.50 bits per heavy atom. The summed E-state index contributed by atoms with van der Waals surface area (Å²) < 4.78 is 0. The Labute approximate surface area is 120 Å². The van der Waals surface area contributed by atoms with Crippen LogP contribution in [0.15, 0.2) is 48.5 Å². The third kappa shape index (κ3) is 3.08. The summed E-state index contributed by atoms with van der Waals surface area (Å²) in [7, 11) is 1.87. The molecule has 0 aromatic heterocycles. The van der Waals surface area contributed by atoms with Gasteiger partial charge in [-0.3, -0.25) is 4.79 Å². The molecule has 0 bridgehead atoms. The summed E-state index contributed by atoms with van der Waals surface area (Å²) in [6.45, 7) is 4.38. The number of anilines is 1. The van der Waals surface area contributed by atoms with Crippen molar-refractivity contribution in [2.45, 2.75) is 26.2 Å². The van der Waals surface area contributed by atoms with Crippen LogP contribution in [0.2, 0.25) is 0 Å². The molecule has 20 heavy (non-hydrogen) atoms. The average molecular weight is 267 g/mol. The average Bonchev–Trinajstić information content (AvgIpc) is 2.53. The quantitative estimate of drug-likeness (QED) is 0.810. The molecule has 0 heterocycles. The fraction of sp³-hybridized carbons (Fsp3) is 0.278. The van der Waals surface area contributed by atoms with Crippen LogP contribution in [0, 0.1) is 0 Å². The Morgan fingerprint density at radius 3 is 1.95 bits per heavy atom. The highest BCUT2D eigenvalue weighted by Gasteiger charge is 2.10. The maximum atomic E-state index is 12.4. The van der Waals surface area contributed by atoms with Crippen LogP contribution >= 0.6 is 0 Å². The van der Waals surface area contributed by atoms with Crippen molar-refractivity contribution in [3.05, 3.63) is 65.2 Å². The molecule has 0 saturated heterocycles. The summed E-state index contributed by atoms with van der Waals surface area (Å²) in [5.41, 5.74) is 3.76. The van der Waals surface area contributed by atoms with Gasteiger partial charge in [0.2, 0.25) is 0 Å². The SMILES string of the molecule is CCC(C)c1ccc(C(=O)c2ccc(NC)cc2)cc1. The van der Waals surface area contributed by atoms with Crippen molar-refractivity contribution in [1.82, 2.24) is 0 Å². The number of hydrogen-bond acceptors (Lipinski definition) is 2. The molecule has 1 N–H and O–H groups in total. The van der Waals surface area contributed by atoms with Crippen LogP contribution in [0.1, 0.15) is 47.7 Å². The first kappa shape index (κ1) is 14.3. The molecule has 0 amide bonds. The van der Waals surface area contributed by atoms with Crippen LogP contribution in [-0.4, -0.2) is 12.8 Å².